The Balaban J connectivity index is 1.69. The number of guanidine groups is 1. The van der Waals surface area contributed by atoms with E-state index in [9.17, 15) is 0 Å². The molecule has 3 aromatic rings. The van der Waals surface area contributed by atoms with Crippen molar-refractivity contribution in [3.05, 3.63) is 48.0 Å². The van der Waals surface area contributed by atoms with Gasteiger partial charge in [-0.2, -0.15) is 5.10 Å². The van der Waals surface area contributed by atoms with Crippen molar-refractivity contribution in [2.75, 3.05) is 19.7 Å². The quantitative estimate of drug-likeness (QED) is 0.459. The van der Waals surface area contributed by atoms with Gasteiger partial charge in [0.05, 0.1) is 31.9 Å². The molecule has 0 bridgehead atoms. The molecule has 0 saturated carbocycles. The number of benzene rings is 1. The SMILES string of the molecule is CCNC(=NCCn1cc(C)cn1)NC(C)c1cc2cccc(OCC)c2o1. The number of aromatic nitrogens is 2. The van der Waals surface area contributed by atoms with Gasteiger partial charge in [0.25, 0.3) is 0 Å². The Labute approximate surface area is 165 Å². The molecule has 1 aromatic carbocycles. The lowest BCUT2D eigenvalue weighted by molar-refractivity contribution is 0.336. The molecule has 0 amide bonds. The van der Waals surface area contributed by atoms with Gasteiger partial charge in [0.2, 0.25) is 0 Å². The molecular formula is C21H29N5O2. The number of hydrogen-bond donors (Lipinski definition) is 2. The largest absolute Gasteiger partial charge is 0.490 e. The highest BCUT2D eigenvalue weighted by Gasteiger charge is 2.15. The van der Waals surface area contributed by atoms with E-state index in [1.54, 1.807) is 0 Å². The number of ether oxygens (including phenoxy) is 1. The Morgan fingerprint density at radius 3 is 2.93 bits per heavy atom. The van der Waals surface area contributed by atoms with Crippen LogP contribution >= 0.6 is 0 Å². The molecule has 0 radical (unpaired) electrons. The molecule has 7 nitrogen and oxygen atoms in total. The van der Waals surface area contributed by atoms with Gasteiger partial charge in [-0.1, -0.05) is 12.1 Å². The van der Waals surface area contributed by atoms with Gasteiger partial charge in [-0.15, -0.1) is 0 Å². The number of furan rings is 1. The maximum absolute atomic E-state index is 6.08. The van der Waals surface area contributed by atoms with Crippen LogP contribution in [-0.2, 0) is 6.54 Å². The van der Waals surface area contributed by atoms with E-state index in [-0.39, 0.29) is 6.04 Å². The van der Waals surface area contributed by atoms with E-state index in [1.807, 2.05) is 62.1 Å². The summed E-state index contributed by atoms with van der Waals surface area (Å²) in [5.41, 5.74) is 1.93. The number of rotatable bonds is 8. The van der Waals surface area contributed by atoms with Gasteiger partial charge in [0.1, 0.15) is 5.76 Å². The first-order valence-electron chi connectivity index (χ1n) is 9.79. The molecule has 0 aliphatic carbocycles. The summed E-state index contributed by atoms with van der Waals surface area (Å²) in [5.74, 6) is 2.37. The Morgan fingerprint density at radius 1 is 1.36 bits per heavy atom. The molecule has 0 fully saturated rings. The highest BCUT2D eigenvalue weighted by Crippen LogP contribution is 2.31. The van der Waals surface area contributed by atoms with Gasteiger partial charge >= 0.3 is 0 Å². The fourth-order valence-electron chi connectivity index (χ4n) is 2.99. The zero-order valence-electron chi connectivity index (χ0n) is 17.0. The summed E-state index contributed by atoms with van der Waals surface area (Å²) in [5, 5.41) is 12.0. The first kappa shape index (κ1) is 19.8. The molecule has 0 saturated heterocycles. The van der Waals surface area contributed by atoms with Gasteiger partial charge < -0.3 is 19.8 Å². The minimum atomic E-state index is -0.0355. The zero-order valence-corrected chi connectivity index (χ0v) is 17.0. The highest BCUT2D eigenvalue weighted by atomic mass is 16.5. The summed E-state index contributed by atoms with van der Waals surface area (Å²) < 4.78 is 13.7. The lowest BCUT2D eigenvalue weighted by Gasteiger charge is -2.16. The van der Waals surface area contributed by atoms with Crippen LogP contribution in [0.3, 0.4) is 0 Å². The second-order valence-electron chi connectivity index (χ2n) is 6.66. The number of nitrogens with zero attached hydrogens (tertiary/aromatic N) is 3. The Bertz CT molecular complexity index is 928. The molecule has 2 N–H and O–H groups in total. The smallest absolute Gasteiger partial charge is 0.191 e. The van der Waals surface area contributed by atoms with E-state index in [2.05, 4.69) is 27.6 Å². The molecule has 0 spiro atoms. The van der Waals surface area contributed by atoms with E-state index in [0.717, 1.165) is 47.1 Å². The number of aryl methyl sites for hydroxylation is 1. The lowest BCUT2D eigenvalue weighted by Crippen LogP contribution is -2.38. The molecule has 2 heterocycles. The topological polar surface area (TPSA) is 76.6 Å². The molecule has 1 atom stereocenters. The third-order valence-electron chi connectivity index (χ3n) is 4.31. The first-order chi connectivity index (χ1) is 13.6. The number of nitrogens with one attached hydrogen (secondary N) is 2. The van der Waals surface area contributed by atoms with E-state index in [0.29, 0.717) is 13.2 Å². The van der Waals surface area contributed by atoms with E-state index < -0.39 is 0 Å². The highest BCUT2D eigenvalue weighted by molar-refractivity contribution is 5.84. The summed E-state index contributed by atoms with van der Waals surface area (Å²) >= 11 is 0. The third kappa shape index (κ3) is 4.85. The van der Waals surface area contributed by atoms with Crippen LogP contribution in [0, 0.1) is 6.92 Å². The molecule has 150 valence electrons. The van der Waals surface area contributed by atoms with Crippen molar-refractivity contribution in [2.24, 2.45) is 4.99 Å². The number of aliphatic imine (C=N–C) groups is 1. The molecule has 0 aliphatic rings. The average Bonchev–Trinajstić information content (AvgIpc) is 3.29. The van der Waals surface area contributed by atoms with Crippen LogP contribution in [0.15, 0.2) is 46.1 Å². The van der Waals surface area contributed by atoms with Gasteiger partial charge in [-0.25, -0.2) is 0 Å². The van der Waals surface area contributed by atoms with Crippen LogP contribution in [0.1, 0.15) is 38.1 Å². The molecule has 0 aliphatic heterocycles. The summed E-state index contributed by atoms with van der Waals surface area (Å²) in [6.45, 7) is 10.9. The van der Waals surface area contributed by atoms with Crippen molar-refractivity contribution in [3.8, 4) is 5.75 Å². The summed E-state index contributed by atoms with van der Waals surface area (Å²) in [7, 11) is 0. The molecule has 7 heteroatoms. The molecular weight excluding hydrogens is 354 g/mol. The van der Waals surface area contributed by atoms with E-state index in [1.165, 1.54) is 0 Å². The van der Waals surface area contributed by atoms with Gasteiger partial charge in [0.15, 0.2) is 17.3 Å². The Hall–Kier alpha value is -2.96. The van der Waals surface area contributed by atoms with Crippen LogP contribution in [0.4, 0.5) is 0 Å². The maximum atomic E-state index is 6.08. The summed E-state index contributed by atoms with van der Waals surface area (Å²) in [6.07, 6.45) is 3.87. The molecule has 28 heavy (non-hydrogen) atoms. The van der Waals surface area contributed by atoms with E-state index >= 15 is 0 Å². The standard InChI is InChI=1S/C21H29N5O2/c1-5-22-21(23-10-11-26-14-15(3)13-24-26)25-16(4)19-12-17-8-7-9-18(27-6-2)20(17)28-19/h7-9,12-14,16H,5-6,10-11H2,1-4H3,(H2,22,23,25). The third-order valence-corrected chi connectivity index (χ3v) is 4.31. The minimum Gasteiger partial charge on any atom is -0.490 e. The van der Waals surface area contributed by atoms with Crippen LogP contribution in [0.25, 0.3) is 11.0 Å². The number of hydrogen-bond acceptors (Lipinski definition) is 4. The van der Waals surface area contributed by atoms with Crippen molar-refractivity contribution < 1.29 is 9.15 Å². The van der Waals surface area contributed by atoms with E-state index in [4.69, 9.17) is 9.15 Å². The molecule has 2 aromatic heterocycles. The second-order valence-corrected chi connectivity index (χ2v) is 6.66. The van der Waals surface area contributed by atoms with Crippen molar-refractivity contribution in [1.82, 2.24) is 20.4 Å². The first-order valence-corrected chi connectivity index (χ1v) is 9.79. The molecule has 1 unspecified atom stereocenters. The second kappa shape index (κ2) is 9.30. The van der Waals surface area contributed by atoms with Crippen LogP contribution in [0.5, 0.6) is 5.75 Å². The maximum Gasteiger partial charge on any atom is 0.191 e. The summed E-state index contributed by atoms with van der Waals surface area (Å²) in [6, 6.07) is 7.95. The van der Waals surface area contributed by atoms with Crippen LogP contribution < -0.4 is 15.4 Å². The predicted molar refractivity (Wildman–Crippen MR) is 112 cm³/mol. The number of para-hydroxylation sites is 1. The Kier molecular flexibility index (Phi) is 6.57. The van der Waals surface area contributed by atoms with Gasteiger partial charge in [-0.3, -0.25) is 9.67 Å². The van der Waals surface area contributed by atoms with Crippen molar-refractivity contribution in [2.45, 2.75) is 40.3 Å². The molecule has 3 rings (SSSR count). The zero-order chi connectivity index (χ0) is 19.9. The van der Waals surface area contributed by atoms with Crippen LogP contribution in [-0.4, -0.2) is 35.4 Å². The number of fused-ring (bicyclic) bond motifs is 1. The minimum absolute atomic E-state index is 0.0355. The summed E-state index contributed by atoms with van der Waals surface area (Å²) in [4.78, 5) is 4.65. The van der Waals surface area contributed by atoms with Gasteiger partial charge in [0, 0.05) is 18.1 Å². The van der Waals surface area contributed by atoms with Crippen molar-refractivity contribution >= 4 is 16.9 Å². The predicted octanol–water partition coefficient (Wildman–Crippen LogP) is 3.65. The van der Waals surface area contributed by atoms with Crippen LogP contribution in [0.2, 0.25) is 0 Å². The fraction of sp³-hybridized carbons (Fsp3) is 0.429. The van der Waals surface area contributed by atoms with Crippen molar-refractivity contribution in [3.63, 3.8) is 0 Å². The van der Waals surface area contributed by atoms with Gasteiger partial charge in [-0.05, 0) is 45.4 Å². The van der Waals surface area contributed by atoms with Crippen molar-refractivity contribution in [1.29, 1.82) is 0 Å². The monoisotopic (exact) mass is 383 g/mol. The Morgan fingerprint density at radius 2 is 2.21 bits per heavy atom. The average molecular weight is 383 g/mol. The fourth-order valence-corrected chi connectivity index (χ4v) is 2.99. The normalized spacial score (nSPS) is 12.9. The lowest BCUT2D eigenvalue weighted by atomic mass is 10.2.